The highest BCUT2D eigenvalue weighted by molar-refractivity contribution is 7.89. The number of aromatic nitrogens is 1. The Bertz CT molecular complexity index is 900. The number of rotatable bonds is 6. The number of pyridine rings is 1. The fraction of sp³-hybridized carbons (Fsp3) is 0.474. The minimum Gasteiger partial charge on any atom is -0.438 e. The largest absolute Gasteiger partial charge is 0.438 e. The molecule has 27 heavy (non-hydrogen) atoms. The first kappa shape index (κ1) is 18.2. The maximum Gasteiger partial charge on any atom is 0.290 e. The molecule has 0 aromatic carbocycles. The molecule has 3 heterocycles. The van der Waals surface area contributed by atoms with Crippen LogP contribution in [0.1, 0.15) is 48.2 Å². The third-order valence-corrected chi connectivity index (χ3v) is 6.80. The predicted molar refractivity (Wildman–Crippen MR) is 98.5 cm³/mol. The number of furan rings is 1. The normalized spacial score (nSPS) is 18.4. The molecule has 0 radical (unpaired) electrons. The van der Waals surface area contributed by atoms with Gasteiger partial charge >= 0.3 is 0 Å². The van der Waals surface area contributed by atoms with Gasteiger partial charge in [0.1, 0.15) is 0 Å². The van der Waals surface area contributed by atoms with Crippen molar-refractivity contribution in [2.45, 2.75) is 49.8 Å². The highest BCUT2D eigenvalue weighted by Gasteiger charge is 2.36. The second-order valence-electron chi connectivity index (χ2n) is 7.11. The van der Waals surface area contributed by atoms with Gasteiger partial charge in [-0.05, 0) is 49.4 Å². The van der Waals surface area contributed by atoms with E-state index in [-0.39, 0.29) is 22.8 Å². The number of hydrogen-bond acceptors (Lipinski definition) is 5. The molecule has 0 unspecified atom stereocenters. The molecule has 0 N–H and O–H groups in total. The molecule has 8 heteroatoms. The summed E-state index contributed by atoms with van der Waals surface area (Å²) in [5.74, 6) is -0.206. The Hall–Kier alpha value is -2.19. The standard InChI is InChI=1S/C19H23N3O4S/c23-19(22(16-6-7-16)14-15-5-4-10-20-13-15)17-8-9-18(26-17)27(24,25)21-11-2-1-3-12-21/h4-5,8-10,13,16H,1-3,6-7,11-12,14H2. The number of nitrogens with zero attached hydrogens (tertiary/aromatic N) is 3. The molecule has 2 aromatic heterocycles. The van der Waals surface area contributed by atoms with E-state index in [1.165, 1.54) is 16.4 Å². The van der Waals surface area contributed by atoms with Crippen molar-refractivity contribution in [1.29, 1.82) is 0 Å². The molecule has 2 aliphatic rings. The van der Waals surface area contributed by atoms with Crippen molar-refractivity contribution >= 4 is 15.9 Å². The summed E-state index contributed by atoms with van der Waals surface area (Å²) in [6.07, 6.45) is 8.07. The van der Waals surface area contributed by atoms with Crippen molar-refractivity contribution in [1.82, 2.24) is 14.2 Å². The zero-order valence-electron chi connectivity index (χ0n) is 15.1. The molecule has 2 aromatic rings. The van der Waals surface area contributed by atoms with Crippen LogP contribution in [0.15, 0.2) is 46.2 Å². The molecule has 1 saturated heterocycles. The van der Waals surface area contributed by atoms with Gasteiger partial charge in [0.05, 0.1) is 0 Å². The van der Waals surface area contributed by atoms with Crippen LogP contribution in [0, 0.1) is 0 Å². The smallest absolute Gasteiger partial charge is 0.290 e. The van der Waals surface area contributed by atoms with Crippen LogP contribution in [-0.2, 0) is 16.6 Å². The van der Waals surface area contributed by atoms with E-state index in [4.69, 9.17) is 4.42 Å². The quantitative estimate of drug-likeness (QED) is 0.758. The van der Waals surface area contributed by atoms with Gasteiger partial charge in [-0.2, -0.15) is 4.31 Å². The van der Waals surface area contributed by atoms with Gasteiger partial charge < -0.3 is 9.32 Å². The van der Waals surface area contributed by atoms with E-state index in [2.05, 4.69) is 4.98 Å². The van der Waals surface area contributed by atoms with Crippen molar-refractivity contribution in [3.05, 3.63) is 48.0 Å². The van der Waals surface area contributed by atoms with Gasteiger partial charge in [0.15, 0.2) is 5.76 Å². The van der Waals surface area contributed by atoms with Gasteiger partial charge in [-0.3, -0.25) is 9.78 Å². The fourth-order valence-electron chi connectivity index (χ4n) is 3.39. The molecule has 1 saturated carbocycles. The van der Waals surface area contributed by atoms with Crippen molar-refractivity contribution in [2.24, 2.45) is 0 Å². The lowest BCUT2D eigenvalue weighted by Crippen LogP contribution is -2.35. The van der Waals surface area contributed by atoms with Crippen molar-refractivity contribution < 1.29 is 17.6 Å². The lowest BCUT2D eigenvalue weighted by atomic mass is 10.2. The lowest BCUT2D eigenvalue weighted by molar-refractivity contribution is 0.0691. The number of carbonyl (C=O) groups excluding carboxylic acids is 1. The highest BCUT2D eigenvalue weighted by Crippen LogP contribution is 2.31. The van der Waals surface area contributed by atoms with E-state index < -0.39 is 10.0 Å². The molecule has 1 aliphatic carbocycles. The molecule has 0 bridgehead atoms. The summed E-state index contributed by atoms with van der Waals surface area (Å²) in [6, 6.07) is 6.79. The third kappa shape index (κ3) is 3.91. The minimum atomic E-state index is -3.68. The Morgan fingerprint density at radius 1 is 1.19 bits per heavy atom. The SMILES string of the molecule is O=C(c1ccc(S(=O)(=O)N2CCCCC2)o1)N(Cc1cccnc1)C1CC1. The van der Waals surface area contributed by atoms with E-state index in [0.29, 0.717) is 19.6 Å². The van der Waals surface area contributed by atoms with Gasteiger partial charge in [-0.15, -0.1) is 0 Å². The number of sulfonamides is 1. The van der Waals surface area contributed by atoms with Crippen LogP contribution in [0.3, 0.4) is 0 Å². The van der Waals surface area contributed by atoms with E-state index in [0.717, 1.165) is 37.7 Å². The summed E-state index contributed by atoms with van der Waals surface area (Å²) < 4.78 is 32.4. The predicted octanol–water partition coefficient (Wildman–Crippen LogP) is 2.65. The van der Waals surface area contributed by atoms with Gasteiger partial charge in [-0.1, -0.05) is 12.5 Å². The Morgan fingerprint density at radius 2 is 1.96 bits per heavy atom. The maximum atomic E-state index is 13.0. The monoisotopic (exact) mass is 389 g/mol. The zero-order chi connectivity index (χ0) is 18.9. The number of piperidine rings is 1. The molecule has 1 amide bonds. The first-order valence-corrected chi connectivity index (χ1v) is 10.8. The van der Waals surface area contributed by atoms with Gasteiger partial charge in [0.25, 0.3) is 15.9 Å². The summed E-state index contributed by atoms with van der Waals surface area (Å²) in [6.45, 7) is 1.44. The Labute approximate surface area is 159 Å². The van der Waals surface area contributed by atoms with Crippen LogP contribution < -0.4 is 0 Å². The zero-order valence-corrected chi connectivity index (χ0v) is 15.9. The van der Waals surface area contributed by atoms with E-state index >= 15 is 0 Å². The maximum absolute atomic E-state index is 13.0. The topological polar surface area (TPSA) is 83.7 Å². The van der Waals surface area contributed by atoms with Crippen molar-refractivity contribution in [3.63, 3.8) is 0 Å². The van der Waals surface area contributed by atoms with E-state index in [9.17, 15) is 13.2 Å². The molecule has 7 nitrogen and oxygen atoms in total. The second kappa shape index (κ2) is 7.44. The summed E-state index contributed by atoms with van der Waals surface area (Å²) in [5.41, 5.74) is 0.936. The molecule has 1 aliphatic heterocycles. The first-order chi connectivity index (χ1) is 13.1. The summed E-state index contributed by atoms with van der Waals surface area (Å²) in [4.78, 5) is 18.8. The Morgan fingerprint density at radius 3 is 2.63 bits per heavy atom. The van der Waals surface area contributed by atoms with E-state index in [1.807, 2.05) is 12.1 Å². The summed E-state index contributed by atoms with van der Waals surface area (Å²) in [5, 5.41) is -0.148. The van der Waals surface area contributed by atoms with Crippen LogP contribution in [0.2, 0.25) is 0 Å². The highest BCUT2D eigenvalue weighted by atomic mass is 32.2. The van der Waals surface area contributed by atoms with Crippen molar-refractivity contribution in [2.75, 3.05) is 13.1 Å². The molecule has 144 valence electrons. The first-order valence-electron chi connectivity index (χ1n) is 9.35. The molecular formula is C19H23N3O4S. The molecule has 2 fully saturated rings. The van der Waals surface area contributed by atoms with Crippen LogP contribution in [0.25, 0.3) is 0 Å². The number of amides is 1. The number of carbonyl (C=O) groups is 1. The lowest BCUT2D eigenvalue weighted by Gasteiger charge is -2.24. The van der Waals surface area contributed by atoms with Crippen LogP contribution >= 0.6 is 0 Å². The van der Waals surface area contributed by atoms with Crippen LogP contribution in [-0.4, -0.2) is 47.6 Å². The molecule has 4 rings (SSSR count). The molecule has 0 spiro atoms. The van der Waals surface area contributed by atoms with Crippen molar-refractivity contribution in [3.8, 4) is 0 Å². The van der Waals surface area contributed by atoms with Gasteiger partial charge in [-0.25, -0.2) is 8.42 Å². The van der Waals surface area contributed by atoms with Gasteiger partial charge in [0.2, 0.25) is 5.09 Å². The summed E-state index contributed by atoms with van der Waals surface area (Å²) >= 11 is 0. The fourth-order valence-corrected chi connectivity index (χ4v) is 4.82. The summed E-state index contributed by atoms with van der Waals surface area (Å²) in [7, 11) is -3.68. The van der Waals surface area contributed by atoms with E-state index in [1.54, 1.807) is 17.3 Å². The van der Waals surface area contributed by atoms with Gasteiger partial charge in [0, 0.05) is 38.1 Å². The third-order valence-electron chi connectivity index (χ3n) is 5.03. The average molecular weight is 389 g/mol. The van der Waals surface area contributed by atoms with Crippen LogP contribution in [0.5, 0.6) is 0 Å². The number of hydrogen-bond donors (Lipinski definition) is 0. The van der Waals surface area contributed by atoms with Crippen LogP contribution in [0.4, 0.5) is 0 Å². The average Bonchev–Trinajstić information content (AvgIpc) is 3.41. The molecule has 0 atom stereocenters. The molecular weight excluding hydrogens is 366 g/mol. The minimum absolute atomic E-state index is 0.0707. The second-order valence-corrected chi connectivity index (χ2v) is 8.98. The Kier molecular flexibility index (Phi) is 5.01. The Balaban J connectivity index is 1.53.